The van der Waals surface area contributed by atoms with Gasteiger partial charge in [0.05, 0.1) is 23.6 Å². The monoisotopic (exact) mass is 236 g/mol. The Morgan fingerprint density at radius 3 is 2.00 bits per heavy atom. The molecule has 5 nitrogen and oxygen atoms in total. The summed E-state index contributed by atoms with van der Waals surface area (Å²) in [6, 6.07) is 0. The third kappa shape index (κ3) is 3.78. The Morgan fingerprint density at radius 2 is 1.65 bits per heavy atom. The Bertz CT molecular complexity index is 398. The van der Waals surface area contributed by atoms with Crippen LogP contribution in [0, 0.1) is 0 Å². The number of carbonyl (C=O) groups excluding carboxylic acids is 1. The van der Waals surface area contributed by atoms with E-state index in [1.54, 1.807) is 26.2 Å². The van der Waals surface area contributed by atoms with Gasteiger partial charge in [-0.3, -0.25) is 4.79 Å². The van der Waals surface area contributed by atoms with Crippen molar-refractivity contribution in [1.29, 1.82) is 0 Å². The van der Waals surface area contributed by atoms with Gasteiger partial charge in [-0.2, -0.15) is 0 Å². The van der Waals surface area contributed by atoms with E-state index in [4.69, 9.17) is 5.73 Å². The second kappa shape index (κ2) is 4.41. The largest absolute Gasteiger partial charge is 0.322 e. The number of carbonyl (C=O) groups is 1. The highest BCUT2D eigenvalue weighted by atomic mass is 16.2. The van der Waals surface area contributed by atoms with E-state index >= 15 is 0 Å². The molecule has 0 unspecified atom stereocenters. The van der Waals surface area contributed by atoms with E-state index in [2.05, 4.69) is 15.3 Å². The van der Waals surface area contributed by atoms with E-state index in [1.165, 1.54) is 0 Å². The second-order valence-corrected chi connectivity index (χ2v) is 5.72. The van der Waals surface area contributed by atoms with Crippen LogP contribution in [-0.2, 0) is 10.2 Å². The number of hydrogen-bond acceptors (Lipinski definition) is 4. The van der Waals surface area contributed by atoms with Crippen LogP contribution in [0.15, 0.2) is 12.4 Å². The first-order valence-corrected chi connectivity index (χ1v) is 5.53. The van der Waals surface area contributed by atoms with Crippen LogP contribution >= 0.6 is 0 Å². The Balaban J connectivity index is 2.80. The van der Waals surface area contributed by atoms with Crippen molar-refractivity contribution in [3.05, 3.63) is 18.2 Å². The normalized spacial score (nSPS) is 12.4. The minimum atomic E-state index is -0.914. The van der Waals surface area contributed by atoms with Crippen molar-refractivity contribution in [2.75, 3.05) is 5.32 Å². The molecule has 0 atom stereocenters. The molecule has 0 saturated carbocycles. The highest BCUT2D eigenvalue weighted by Gasteiger charge is 2.22. The van der Waals surface area contributed by atoms with Crippen molar-refractivity contribution in [1.82, 2.24) is 9.97 Å². The first-order chi connectivity index (χ1) is 7.60. The van der Waals surface area contributed by atoms with Crippen LogP contribution in [0.2, 0.25) is 0 Å². The minimum absolute atomic E-state index is 0.102. The molecule has 1 rings (SSSR count). The molecule has 1 amide bonds. The van der Waals surface area contributed by atoms with E-state index in [1.807, 2.05) is 20.8 Å². The zero-order chi connectivity index (χ0) is 13.3. The van der Waals surface area contributed by atoms with Gasteiger partial charge in [0.15, 0.2) is 0 Å². The summed E-state index contributed by atoms with van der Waals surface area (Å²) in [5.74, 6) is 0.479. The number of nitrogens with one attached hydrogen (secondary N) is 1. The van der Waals surface area contributed by atoms with Gasteiger partial charge < -0.3 is 11.1 Å². The zero-order valence-corrected chi connectivity index (χ0v) is 11.0. The summed E-state index contributed by atoms with van der Waals surface area (Å²) in [6.45, 7) is 9.39. The lowest BCUT2D eigenvalue weighted by atomic mass is 9.96. The van der Waals surface area contributed by atoms with Crippen LogP contribution in [0.5, 0.6) is 0 Å². The quantitative estimate of drug-likeness (QED) is 0.814. The number of rotatable bonds is 2. The van der Waals surface area contributed by atoms with E-state index in [0.717, 1.165) is 5.82 Å². The summed E-state index contributed by atoms with van der Waals surface area (Å²) in [5.41, 5.74) is 5.21. The molecular formula is C12H20N4O. The van der Waals surface area contributed by atoms with Crippen LogP contribution < -0.4 is 11.1 Å². The number of aromatic nitrogens is 2. The molecule has 0 fully saturated rings. The molecule has 0 radical (unpaired) electrons. The summed E-state index contributed by atoms with van der Waals surface area (Å²) in [7, 11) is 0. The predicted molar refractivity (Wildman–Crippen MR) is 67.6 cm³/mol. The number of anilines is 1. The average molecular weight is 236 g/mol. The lowest BCUT2D eigenvalue weighted by Gasteiger charge is -2.19. The van der Waals surface area contributed by atoms with Crippen LogP contribution in [0.1, 0.15) is 40.4 Å². The molecule has 1 aromatic heterocycles. The van der Waals surface area contributed by atoms with Crippen molar-refractivity contribution in [3.8, 4) is 0 Å². The molecule has 1 aromatic rings. The molecule has 0 spiro atoms. The molecule has 3 N–H and O–H groups in total. The Labute approximate surface area is 102 Å². The fourth-order valence-corrected chi connectivity index (χ4v) is 1.07. The molecule has 0 saturated heterocycles. The second-order valence-electron chi connectivity index (χ2n) is 5.72. The van der Waals surface area contributed by atoms with Gasteiger partial charge in [-0.1, -0.05) is 20.8 Å². The molecule has 0 bridgehead atoms. The maximum atomic E-state index is 11.6. The van der Waals surface area contributed by atoms with Gasteiger partial charge in [0.2, 0.25) is 5.91 Å². The minimum Gasteiger partial charge on any atom is -0.322 e. The van der Waals surface area contributed by atoms with E-state index in [9.17, 15) is 4.79 Å². The third-order valence-electron chi connectivity index (χ3n) is 2.17. The smallest absolute Gasteiger partial charge is 0.243 e. The summed E-state index contributed by atoms with van der Waals surface area (Å²) in [6.07, 6.45) is 3.19. The lowest BCUT2D eigenvalue weighted by molar-refractivity contribution is -0.120. The van der Waals surface area contributed by atoms with Crippen molar-refractivity contribution in [3.63, 3.8) is 0 Å². The standard InChI is InChI=1S/C12H20N4O/c1-11(2,3)9-14-6-8(7-15-9)16-10(17)12(4,5)13/h6-7H,13H2,1-5H3,(H,16,17). The molecule has 5 heteroatoms. The van der Waals surface area contributed by atoms with Crippen molar-refractivity contribution >= 4 is 11.6 Å². The predicted octanol–water partition coefficient (Wildman–Crippen LogP) is 1.45. The van der Waals surface area contributed by atoms with Crippen LogP contribution in [0.3, 0.4) is 0 Å². The molecule has 1 heterocycles. The topological polar surface area (TPSA) is 80.9 Å². The molecule has 0 aliphatic carbocycles. The first kappa shape index (κ1) is 13.6. The van der Waals surface area contributed by atoms with Crippen molar-refractivity contribution in [2.45, 2.75) is 45.6 Å². The van der Waals surface area contributed by atoms with E-state index < -0.39 is 5.54 Å². The van der Waals surface area contributed by atoms with Gasteiger partial charge in [-0.25, -0.2) is 9.97 Å². The van der Waals surface area contributed by atoms with Crippen LogP contribution in [-0.4, -0.2) is 21.4 Å². The molecule has 17 heavy (non-hydrogen) atoms. The maximum absolute atomic E-state index is 11.6. The van der Waals surface area contributed by atoms with Crippen LogP contribution in [0.25, 0.3) is 0 Å². The summed E-state index contributed by atoms with van der Waals surface area (Å²) in [4.78, 5) is 20.1. The third-order valence-corrected chi connectivity index (χ3v) is 2.17. The zero-order valence-electron chi connectivity index (χ0n) is 11.0. The summed E-state index contributed by atoms with van der Waals surface area (Å²) < 4.78 is 0. The van der Waals surface area contributed by atoms with Gasteiger partial charge in [-0.15, -0.1) is 0 Å². The molecular weight excluding hydrogens is 216 g/mol. The number of amides is 1. The lowest BCUT2D eigenvalue weighted by Crippen LogP contribution is -2.45. The van der Waals surface area contributed by atoms with Gasteiger partial charge in [0.25, 0.3) is 0 Å². The molecule has 0 aliphatic heterocycles. The Kier molecular flexibility index (Phi) is 3.52. The fourth-order valence-electron chi connectivity index (χ4n) is 1.07. The molecule has 0 aliphatic rings. The van der Waals surface area contributed by atoms with Gasteiger partial charge in [0.1, 0.15) is 5.82 Å². The van der Waals surface area contributed by atoms with Gasteiger partial charge in [0, 0.05) is 5.41 Å². The van der Waals surface area contributed by atoms with Crippen molar-refractivity contribution < 1.29 is 4.79 Å². The summed E-state index contributed by atoms with van der Waals surface area (Å²) >= 11 is 0. The SMILES string of the molecule is CC(C)(N)C(=O)Nc1cnc(C(C)(C)C)nc1. The van der Waals surface area contributed by atoms with E-state index in [-0.39, 0.29) is 11.3 Å². The van der Waals surface area contributed by atoms with Gasteiger partial charge >= 0.3 is 0 Å². The number of nitrogens with zero attached hydrogens (tertiary/aromatic N) is 2. The maximum Gasteiger partial charge on any atom is 0.243 e. The first-order valence-electron chi connectivity index (χ1n) is 5.53. The van der Waals surface area contributed by atoms with Gasteiger partial charge in [-0.05, 0) is 13.8 Å². The van der Waals surface area contributed by atoms with E-state index in [0.29, 0.717) is 5.69 Å². The number of nitrogens with two attached hydrogens (primary N) is 1. The molecule has 0 aromatic carbocycles. The van der Waals surface area contributed by atoms with Crippen molar-refractivity contribution in [2.24, 2.45) is 5.73 Å². The van der Waals surface area contributed by atoms with Crippen LogP contribution in [0.4, 0.5) is 5.69 Å². The Morgan fingerprint density at radius 1 is 1.18 bits per heavy atom. The average Bonchev–Trinajstić information content (AvgIpc) is 2.15. The highest BCUT2D eigenvalue weighted by Crippen LogP contribution is 2.18. The highest BCUT2D eigenvalue weighted by molar-refractivity contribution is 5.97. The Hall–Kier alpha value is -1.49. The summed E-state index contributed by atoms with van der Waals surface area (Å²) in [5, 5.41) is 2.67. The number of hydrogen-bond donors (Lipinski definition) is 2. The fraction of sp³-hybridized carbons (Fsp3) is 0.583. The molecule has 94 valence electrons.